The molecule has 1 aliphatic rings. The first-order valence-corrected chi connectivity index (χ1v) is 4.89. The van der Waals surface area contributed by atoms with Crippen LogP contribution >= 0.6 is 0 Å². The largest absolute Gasteiger partial charge is 0.434 e. The van der Waals surface area contributed by atoms with Gasteiger partial charge in [0, 0.05) is 12.0 Å². The minimum Gasteiger partial charge on any atom is -0.434 e. The maximum Gasteiger partial charge on any atom is 0.387 e. The van der Waals surface area contributed by atoms with E-state index in [1.54, 1.807) is 13.0 Å². The van der Waals surface area contributed by atoms with E-state index in [2.05, 4.69) is 4.74 Å². The highest BCUT2D eigenvalue weighted by atomic mass is 19.3. The van der Waals surface area contributed by atoms with Crippen molar-refractivity contribution < 1.29 is 13.5 Å². The quantitative estimate of drug-likeness (QED) is 0.836. The molecule has 1 fully saturated rings. The molecule has 2 nitrogen and oxygen atoms in total. The lowest BCUT2D eigenvalue weighted by molar-refractivity contribution is -0.0509. The molecule has 0 radical (unpaired) electrons. The van der Waals surface area contributed by atoms with E-state index in [1.807, 2.05) is 12.1 Å². The van der Waals surface area contributed by atoms with Gasteiger partial charge in [0.15, 0.2) is 0 Å². The highest BCUT2D eigenvalue weighted by molar-refractivity contribution is 5.46. The molecule has 0 aliphatic heterocycles. The molecule has 1 aromatic rings. The molecule has 82 valence electrons. The zero-order valence-corrected chi connectivity index (χ0v) is 8.41. The van der Waals surface area contributed by atoms with Crippen molar-refractivity contribution in [2.75, 3.05) is 0 Å². The SMILES string of the molecule is Cc1cccc(C2CC2N)c1OC(F)F. The van der Waals surface area contributed by atoms with Crippen molar-refractivity contribution in [3.8, 4) is 5.75 Å². The van der Waals surface area contributed by atoms with Crippen molar-refractivity contribution in [1.29, 1.82) is 0 Å². The molecule has 1 aromatic carbocycles. The number of aryl methyl sites for hydroxylation is 1. The number of nitrogens with two attached hydrogens (primary N) is 1. The number of alkyl halides is 2. The topological polar surface area (TPSA) is 35.2 Å². The van der Waals surface area contributed by atoms with Crippen LogP contribution in [0.3, 0.4) is 0 Å². The average molecular weight is 213 g/mol. The van der Waals surface area contributed by atoms with Gasteiger partial charge in [-0.05, 0) is 24.5 Å². The van der Waals surface area contributed by atoms with Gasteiger partial charge in [0.25, 0.3) is 0 Å². The molecule has 2 atom stereocenters. The van der Waals surface area contributed by atoms with E-state index < -0.39 is 6.61 Å². The molecular formula is C11H13F2NO. The van der Waals surface area contributed by atoms with Crippen LogP contribution in [0.4, 0.5) is 8.78 Å². The van der Waals surface area contributed by atoms with Gasteiger partial charge in [0.2, 0.25) is 0 Å². The molecular weight excluding hydrogens is 200 g/mol. The molecule has 1 saturated carbocycles. The number of halogens is 2. The van der Waals surface area contributed by atoms with Crippen molar-refractivity contribution in [1.82, 2.24) is 0 Å². The highest BCUT2D eigenvalue weighted by Gasteiger charge is 2.37. The Morgan fingerprint density at radius 2 is 2.13 bits per heavy atom. The molecule has 4 heteroatoms. The summed E-state index contributed by atoms with van der Waals surface area (Å²) < 4.78 is 29.0. The minimum atomic E-state index is -2.78. The summed E-state index contributed by atoms with van der Waals surface area (Å²) in [6.07, 6.45) is 0.850. The highest BCUT2D eigenvalue weighted by Crippen LogP contribution is 2.44. The van der Waals surface area contributed by atoms with Gasteiger partial charge in [-0.2, -0.15) is 8.78 Å². The van der Waals surface area contributed by atoms with Crippen LogP contribution < -0.4 is 10.5 Å². The summed E-state index contributed by atoms with van der Waals surface area (Å²) >= 11 is 0. The normalized spacial score (nSPS) is 24.3. The molecule has 1 aliphatic carbocycles. The number of hydrogen-bond donors (Lipinski definition) is 1. The monoisotopic (exact) mass is 213 g/mol. The Kier molecular flexibility index (Phi) is 2.61. The standard InChI is InChI=1S/C11H13F2NO/c1-6-3-2-4-7(8-5-9(8)14)10(6)15-11(12)13/h2-4,8-9,11H,5,14H2,1H3. The fraction of sp³-hybridized carbons (Fsp3) is 0.455. The number of benzene rings is 1. The lowest BCUT2D eigenvalue weighted by Gasteiger charge is -2.12. The second-order valence-electron chi connectivity index (χ2n) is 3.88. The van der Waals surface area contributed by atoms with Gasteiger partial charge >= 0.3 is 6.61 Å². The lowest BCUT2D eigenvalue weighted by atomic mass is 10.1. The lowest BCUT2D eigenvalue weighted by Crippen LogP contribution is -2.07. The molecule has 2 unspecified atom stereocenters. The van der Waals surface area contributed by atoms with Crippen molar-refractivity contribution >= 4 is 0 Å². The Hall–Kier alpha value is -1.16. The number of para-hydroxylation sites is 1. The third-order valence-electron chi connectivity index (χ3n) is 2.69. The van der Waals surface area contributed by atoms with Crippen LogP contribution in [0.15, 0.2) is 18.2 Å². The molecule has 0 amide bonds. The minimum absolute atomic E-state index is 0.0897. The molecule has 0 aromatic heterocycles. The zero-order valence-electron chi connectivity index (χ0n) is 8.41. The van der Waals surface area contributed by atoms with Crippen LogP contribution in [0.25, 0.3) is 0 Å². The van der Waals surface area contributed by atoms with Gasteiger partial charge in [-0.25, -0.2) is 0 Å². The van der Waals surface area contributed by atoms with Crippen molar-refractivity contribution in [2.45, 2.75) is 31.9 Å². The molecule has 0 bridgehead atoms. The number of ether oxygens (including phenoxy) is 1. The molecule has 0 spiro atoms. The first-order chi connectivity index (χ1) is 7.09. The summed E-state index contributed by atoms with van der Waals surface area (Å²) in [5, 5.41) is 0. The van der Waals surface area contributed by atoms with E-state index in [-0.39, 0.29) is 12.0 Å². The van der Waals surface area contributed by atoms with Crippen LogP contribution in [0.5, 0.6) is 5.75 Å². The predicted octanol–water partition coefficient (Wildman–Crippen LogP) is 2.41. The maximum atomic E-state index is 12.2. The third-order valence-corrected chi connectivity index (χ3v) is 2.69. The molecule has 2 rings (SSSR count). The van der Waals surface area contributed by atoms with Gasteiger partial charge < -0.3 is 10.5 Å². The van der Waals surface area contributed by atoms with Crippen LogP contribution in [0, 0.1) is 6.92 Å². The van der Waals surface area contributed by atoms with Gasteiger partial charge in [-0.1, -0.05) is 18.2 Å². The number of rotatable bonds is 3. The summed E-state index contributed by atoms with van der Waals surface area (Å²) in [4.78, 5) is 0. The smallest absolute Gasteiger partial charge is 0.387 e. The Balaban J connectivity index is 2.31. The summed E-state index contributed by atoms with van der Waals surface area (Å²) in [6, 6.07) is 5.50. The summed E-state index contributed by atoms with van der Waals surface area (Å²) in [5.74, 6) is 0.476. The van der Waals surface area contributed by atoms with E-state index in [0.29, 0.717) is 5.75 Å². The summed E-state index contributed by atoms with van der Waals surface area (Å²) in [7, 11) is 0. The Bertz CT molecular complexity index is 368. The zero-order chi connectivity index (χ0) is 11.0. The maximum absolute atomic E-state index is 12.2. The Morgan fingerprint density at radius 3 is 2.67 bits per heavy atom. The van der Waals surface area contributed by atoms with Crippen LogP contribution in [0.2, 0.25) is 0 Å². The van der Waals surface area contributed by atoms with Gasteiger partial charge in [-0.3, -0.25) is 0 Å². The summed E-state index contributed by atoms with van der Waals surface area (Å²) in [5.41, 5.74) is 7.24. The van der Waals surface area contributed by atoms with Crippen LogP contribution in [-0.2, 0) is 0 Å². The Labute approximate surface area is 87.0 Å². The van der Waals surface area contributed by atoms with Crippen molar-refractivity contribution in [2.24, 2.45) is 5.73 Å². The average Bonchev–Trinajstić information content (AvgIpc) is 2.86. The van der Waals surface area contributed by atoms with E-state index in [9.17, 15) is 8.78 Å². The van der Waals surface area contributed by atoms with E-state index in [1.165, 1.54) is 0 Å². The second-order valence-corrected chi connectivity index (χ2v) is 3.88. The first-order valence-electron chi connectivity index (χ1n) is 4.89. The molecule has 0 heterocycles. The van der Waals surface area contributed by atoms with Gasteiger partial charge in [-0.15, -0.1) is 0 Å². The molecule has 15 heavy (non-hydrogen) atoms. The van der Waals surface area contributed by atoms with Crippen LogP contribution in [-0.4, -0.2) is 12.7 Å². The van der Waals surface area contributed by atoms with E-state index in [4.69, 9.17) is 5.73 Å². The first kappa shape index (κ1) is 10.4. The fourth-order valence-electron chi connectivity index (χ4n) is 1.79. The Morgan fingerprint density at radius 1 is 1.47 bits per heavy atom. The number of hydrogen-bond acceptors (Lipinski definition) is 2. The predicted molar refractivity (Wildman–Crippen MR) is 53.1 cm³/mol. The van der Waals surface area contributed by atoms with Gasteiger partial charge in [0.05, 0.1) is 0 Å². The molecule has 2 N–H and O–H groups in total. The third kappa shape index (κ3) is 2.09. The summed E-state index contributed by atoms with van der Waals surface area (Å²) in [6.45, 7) is -1.02. The molecule has 0 saturated heterocycles. The van der Waals surface area contributed by atoms with Crippen LogP contribution in [0.1, 0.15) is 23.5 Å². The van der Waals surface area contributed by atoms with Gasteiger partial charge in [0.1, 0.15) is 5.75 Å². The second kappa shape index (κ2) is 3.77. The van der Waals surface area contributed by atoms with Crippen molar-refractivity contribution in [3.05, 3.63) is 29.3 Å². The van der Waals surface area contributed by atoms with Crippen molar-refractivity contribution in [3.63, 3.8) is 0 Å². The van der Waals surface area contributed by atoms with E-state index in [0.717, 1.165) is 17.5 Å². The fourth-order valence-corrected chi connectivity index (χ4v) is 1.79. The van der Waals surface area contributed by atoms with E-state index >= 15 is 0 Å².